The van der Waals surface area contributed by atoms with Gasteiger partial charge in [0.05, 0.1) is 11.4 Å². The highest BCUT2D eigenvalue weighted by Crippen LogP contribution is 2.39. The van der Waals surface area contributed by atoms with Crippen LogP contribution in [0.15, 0.2) is 36.4 Å². The number of benzene rings is 1. The zero-order valence-electron chi connectivity index (χ0n) is 13.9. The summed E-state index contributed by atoms with van der Waals surface area (Å²) in [5.74, 6) is -0.436. The van der Waals surface area contributed by atoms with Crippen LogP contribution in [0.1, 0.15) is 48.8 Å². The number of hydrogen-bond donors (Lipinski definition) is 1. The molecule has 1 aromatic carbocycles. The van der Waals surface area contributed by atoms with Crippen LogP contribution in [-0.2, 0) is 9.53 Å². The molecule has 0 saturated heterocycles. The Morgan fingerprint density at radius 2 is 2.00 bits per heavy atom. The van der Waals surface area contributed by atoms with Gasteiger partial charge in [0, 0.05) is 12.0 Å². The fourth-order valence-corrected chi connectivity index (χ4v) is 2.46. The molecule has 6 nitrogen and oxygen atoms in total. The Hall–Kier alpha value is -2.63. The average Bonchev–Trinajstić information content (AvgIpc) is 3.31. The SMILES string of the molecule is CC(C)NC(=O)COC(=O)c1cc(C2CC2)nn1-c1ccccc1. The highest BCUT2D eigenvalue weighted by atomic mass is 16.5. The Balaban J connectivity index is 1.78. The van der Waals surface area contributed by atoms with Gasteiger partial charge >= 0.3 is 5.97 Å². The first-order chi connectivity index (χ1) is 11.5. The van der Waals surface area contributed by atoms with Crippen LogP contribution in [0.4, 0.5) is 0 Å². The van der Waals surface area contributed by atoms with Crippen molar-refractivity contribution in [2.24, 2.45) is 0 Å². The zero-order chi connectivity index (χ0) is 17.1. The van der Waals surface area contributed by atoms with Gasteiger partial charge in [0.15, 0.2) is 12.3 Å². The Bertz CT molecular complexity index is 733. The number of para-hydroxylation sites is 1. The number of hydrogen-bond acceptors (Lipinski definition) is 4. The quantitative estimate of drug-likeness (QED) is 0.827. The summed E-state index contributed by atoms with van der Waals surface area (Å²) in [7, 11) is 0. The molecule has 0 unspecified atom stereocenters. The molecule has 1 amide bonds. The number of nitrogens with one attached hydrogen (secondary N) is 1. The van der Waals surface area contributed by atoms with Crippen LogP contribution in [0.2, 0.25) is 0 Å². The van der Waals surface area contributed by atoms with Crippen molar-refractivity contribution in [3.05, 3.63) is 47.8 Å². The summed E-state index contributed by atoms with van der Waals surface area (Å²) in [6.07, 6.45) is 2.19. The molecule has 1 aliphatic carbocycles. The molecule has 126 valence electrons. The van der Waals surface area contributed by atoms with Gasteiger partial charge in [-0.05, 0) is 44.9 Å². The molecular formula is C18H21N3O3. The summed E-state index contributed by atoms with van der Waals surface area (Å²) < 4.78 is 6.75. The molecule has 1 heterocycles. The number of rotatable bonds is 6. The second-order valence-corrected chi connectivity index (χ2v) is 6.27. The van der Waals surface area contributed by atoms with Crippen molar-refractivity contribution in [2.45, 2.75) is 38.6 Å². The maximum absolute atomic E-state index is 12.4. The second kappa shape index (κ2) is 6.86. The van der Waals surface area contributed by atoms with Crippen molar-refractivity contribution in [3.8, 4) is 5.69 Å². The Kier molecular flexibility index (Phi) is 4.64. The maximum Gasteiger partial charge on any atom is 0.357 e. The molecule has 0 bridgehead atoms. The van der Waals surface area contributed by atoms with Gasteiger partial charge in [-0.2, -0.15) is 5.10 Å². The van der Waals surface area contributed by atoms with Crippen LogP contribution in [-0.4, -0.2) is 34.3 Å². The van der Waals surface area contributed by atoms with E-state index in [9.17, 15) is 9.59 Å². The van der Waals surface area contributed by atoms with E-state index >= 15 is 0 Å². The van der Waals surface area contributed by atoms with E-state index in [1.165, 1.54) is 0 Å². The van der Waals surface area contributed by atoms with E-state index in [1.807, 2.05) is 44.2 Å². The van der Waals surface area contributed by atoms with E-state index in [-0.39, 0.29) is 18.6 Å². The third-order valence-electron chi connectivity index (χ3n) is 3.72. The molecule has 24 heavy (non-hydrogen) atoms. The van der Waals surface area contributed by atoms with Gasteiger partial charge in [0.1, 0.15) is 0 Å². The largest absolute Gasteiger partial charge is 0.451 e. The molecule has 1 fully saturated rings. The molecular weight excluding hydrogens is 306 g/mol. The predicted octanol–water partition coefficient (Wildman–Crippen LogP) is 2.43. The molecule has 1 aromatic heterocycles. The lowest BCUT2D eigenvalue weighted by Crippen LogP contribution is -2.34. The summed E-state index contributed by atoms with van der Waals surface area (Å²) in [6.45, 7) is 3.41. The van der Waals surface area contributed by atoms with Gasteiger partial charge < -0.3 is 10.1 Å². The minimum atomic E-state index is -0.544. The van der Waals surface area contributed by atoms with Gasteiger partial charge in [-0.25, -0.2) is 9.48 Å². The fourth-order valence-electron chi connectivity index (χ4n) is 2.46. The number of ether oxygens (including phenoxy) is 1. The summed E-state index contributed by atoms with van der Waals surface area (Å²) in [6, 6.07) is 11.2. The Morgan fingerprint density at radius 1 is 1.29 bits per heavy atom. The first kappa shape index (κ1) is 16.2. The van der Waals surface area contributed by atoms with Crippen LogP contribution in [0.5, 0.6) is 0 Å². The van der Waals surface area contributed by atoms with E-state index in [0.29, 0.717) is 11.6 Å². The minimum absolute atomic E-state index is 0.00696. The predicted molar refractivity (Wildman–Crippen MR) is 89.1 cm³/mol. The van der Waals surface area contributed by atoms with Crippen molar-refractivity contribution in [1.29, 1.82) is 0 Å². The van der Waals surface area contributed by atoms with E-state index in [4.69, 9.17) is 4.74 Å². The molecule has 6 heteroatoms. The average molecular weight is 327 g/mol. The van der Waals surface area contributed by atoms with E-state index < -0.39 is 5.97 Å². The zero-order valence-corrected chi connectivity index (χ0v) is 13.9. The molecule has 0 spiro atoms. The van der Waals surface area contributed by atoms with Crippen LogP contribution in [0.25, 0.3) is 5.69 Å². The Labute approximate surface area is 140 Å². The van der Waals surface area contributed by atoms with Gasteiger partial charge in [-0.3, -0.25) is 4.79 Å². The van der Waals surface area contributed by atoms with Crippen molar-refractivity contribution in [2.75, 3.05) is 6.61 Å². The van der Waals surface area contributed by atoms with Gasteiger partial charge in [-0.1, -0.05) is 18.2 Å². The van der Waals surface area contributed by atoms with E-state index in [2.05, 4.69) is 10.4 Å². The molecule has 0 atom stereocenters. The van der Waals surface area contributed by atoms with Crippen molar-refractivity contribution in [3.63, 3.8) is 0 Å². The lowest BCUT2D eigenvalue weighted by Gasteiger charge is -2.10. The van der Waals surface area contributed by atoms with E-state index in [1.54, 1.807) is 10.7 Å². The summed E-state index contributed by atoms with van der Waals surface area (Å²) in [5.41, 5.74) is 2.04. The molecule has 3 rings (SSSR count). The smallest absolute Gasteiger partial charge is 0.357 e. The maximum atomic E-state index is 12.4. The summed E-state index contributed by atoms with van der Waals surface area (Å²) in [5, 5.41) is 7.25. The monoisotopic (exact) mass is 327 g/mol. The van der Waals surface area contributed by atoms with Gasteiger partial charge in [0.2, 0.25) is 0 Å². The standard InChI is InChI=1S/C18H21N3O3/c1-12(2)19-17(22)11-24-18(23)16-10-15(13-8-9-13)20-21(16)14-6-4-3-5-7-14/h3-7,10,12-13H,8-9,11H2,1-2H3,(H,19,22). The molecule has 2 aromatic rings. The highest BCUT2D eigenvalue weighted by molar-refractivity contribution is 5.90. The second-order valence-electron chi connectivity index (χ2n) is 6.27. The topological polar surface area (TPSA) is 73.2 Å². The lowest BCUT2D eigenvalue weighted by atomic mass is 10.2. The van der Waals surface area contributed by atoms with Crippen molar-refractivity contribution >= 4 is 11.9 Å². The molecule has 1 saturated carbocycles. The van der Waals surface area contributed by atoms with Crippen molar-refractivity contribution in [1.82, 2.24) is 15.1 Å². The van der Waals surface area contributed by atoms with E-state index in [0.717, 1.165) is 24.2 Å². The summed E-state index contributed by atoms with van der Waals surface area (Å²) >= 11 is 0. The third kappa shape index (κ3) is 3.82. The minimum Gasteiger partial charge on any atom is -0.451 e. The lowest BCUT2D eigenvalue weighted by molar-refractivity contribution is -0.124. The molecule has 0 aliphatic heterocycles. The van der Waals surface area contributed by atoms with Crippen molar-refractivity contribution < 1.29 is 14.3 Å². The highest BCUT2D eigenvalue weighted by Gasteiger charge is 2.29. The fraction of sp³-hybridized carbons (Fsp3) is 0.389. The number of aromatic nitrogens is 2. The van der Waals surface area contributed by atoms with Gasteiger partial charge in [-0.15, -0.1) is 0 Å². The first-order valence-electron chi connectivity index (χ1n) is 8.16. The Morgan fingerprint density at radius 3 is 2.62 bits per heavy atom. The molecule has 0 radical (unpaired) electrons. The molecule has 1 aliphatic rings. The normalized spacial score (nSPS) is 13.8. The van der Waals surface area contributed by atoms with Crippen LogP contribution >= 0.6 is 0 Å². The number of nitrogens with zero attached hydrogens (tertiary/aromatic N) is 2. The molecule has 1 N–H and O–H groups in total. The van der Waals surface area contributed by atoms with Crippen LogP contribution in [0.3, 0.4) is 0 Å². The van der Waals surface area contributed by atoms with Gasteiger partial charge in [0.25, 0.3) is 5.91 Å². The van der Waals surface area contributed by atoms with Crippen LogP contribution in [0, 0.1) is 0 Å². The summed E-state index contributed by atoms with van der Waals surface area (Å²) in [4.78, 5) is 24.1. The van der Waals surface area contributed by atoms with Crippen LogP contribution < -0.4 is 5.32 Å². The third-order valence-corrected chi connectivity index (χ3v) is 3.72. The number of esters is 1. The first-order valence-corrected chi connectivity index (χ1v) is 8.16. The number of amides is 1. The number of carbonyl (C=O) groups is 2. The number of carbonyl (C=O) groups excluding carboxylic acids is 2.